The minimum atomic E-state index is -0.481. The van der Waals surface area contributed by atoms with Crippen LogP contribution in [-0.4, -0.2) is 49.1 Å². The molecule has 2 fully saturated rings. The predicted octanol–water partition coefficient (Wildman–Crippen LogP) is 2.70. The first-order valence-electron chi connectivity index (χ1n) is 9.56. The first-order valence-corrected chi connectivity index (χ1v) is 9.56. The molecule has 148 valence electrons. The van der Waals surface area contributed by atoms with E-state index in [9.17, 15) is 4.79 Å². The minimum Gasteiger partial charge on any atom is -0.444 e. The zero-order chi connectivity index (χ0) is 20.0. The second-order valence-corrected chi connectivity index (χ2v) is 9.43. The molecule has 0 aliphatic carbocycles. The summed E-state index contributed by atoms with van der Waals surface area (Å²) >= 11 is 0. The molecule has 1 aromatic carbocycles. The van der Waals surface area contributed by atoms with Gasteiger partial charge in [0.15, 0.2) is 0 Å². The predicted molar refractivity (Wildman–Crippen MR) is 108 cm³/mol. The van der Waals surface area contributed by atoms with Gasteiger partial charge in [0, 0.05) is 18.8 Å². The summed E-state index contributed by atoms with van der Waals surface area (Å²) in [6, 6.07) is 8.32. The highest BCUT2D eigenvalue weighted by Crippen LogP contribution is 2.36. The quantitative estimate of drug-likeness (QED) is 0.825. The van der Waals surface area contributed by atoms with Crippen molar-refractivity contribution in [1.29, 1.82) is 0 Å². The lowest BCUT2D eigenvalue weighted by atomic mass is 9.79. The van der Waals surface area contributed by atoms with Crippen LogP contribution in [0.1, 0.15) is 48.5 Å². The lowest BCUT2D eigenvalue weighted by molar-refractivity contribution is 0.00578. The van der Waals surface area contributed by atoms with Crippen LogP contribution in [0.25, 0.3) is 0 Å². The van der Waals surface area contributed by atoms with E-state index >= 15 is 0 Å². The lowest BCUT2D eigenvalue weighted by Crippen LogP contribution is -2.60. The van der Waals surface area contributed by atoms with Crippen molar-refractivity contribution in [3.8, 4) is 0 Å². The molecule has 0 bridgehead atoms. The van der Waals surface area contributed by atoms with Crippen molar-refractivity contribution < 1.29 is 18.8 Å². The van der Waals surface area contributed by atoms with Crippen molar-refractivity contribution in [2.24, 2.45) is 0 Å². The molecule has 2 aliphatic heterocycles. The van der Waals surface area contributed by atoms with E-state index in [-0.39, 0.29) is 30.5 Å². The highest BCUT2D eigenvalue weighted by Gasteiger charge is 2.51. The monoisotopic (exact) mass is 374 g/mol. The van der Waals surface area contributed by atoms with Gasteiger partial charge >= 0.3 is 13.2 Å². The number of hydrogen-bond acceptors (Lipinski definition) is 5. The molecule has 0 saturated carbocycles. The van der Waals surface area contributed by atoms with E-state index in [1.165, 1.54) is 0 Å². The number of benzene rings is 1. The normalized spacial score (nSPS) is 21.7. The van der Waals surface area contributed by atoms with Crippen LogP contribution in [0.15, 0.2) is 24.3 Å². The van der Waals surface area contributed by atoms with Crippen LogP contribution in [0, 0.1) is 0 Å². The van der Waals surface area contributed by atoms with Crippen molar-refractivity contribution in [1.82, 2.24) is 5.32 Å². The number of nitrogens with zero attached hydrogens (tertiary/aromatic N) is 1. The molecule has 7 heteroatoms. The van der Waals surface area contributed by atoms with E-state index in [0.29, 0.717) is 0 Å². The van der Waals surface area contributed by atoms with Crippen LogP contribution in [0.3, 0.4) is 0 Å². The van der Waals surface area contributed by atoms with Gasteiger partial charge in [-0.15, -0.1) is 0 Å². The summed E-state index contributed by atoms with van der Waals surface area (Å²) in [6.07, 6.45) is -0.363. The van der Waals surface area contributed by atoms with Gasteiger partial charge in [0.1, 0.15) is 5.60 Å². The Kier molecular flexibility index (Phi) is 4.97. The van der Waals surface area contributed by atoms with E-state index in [1.807, 2.05) is 32.9 Å². The van der Waals surface area contributed by atoms with Crippen molar-refractivity contribution in [3.05, 3.63) is 24.3 Å². The van der Waals surface area contributed by atoms with Gasteiger partial charge in [-0.25, -0.2) is 4.79 Å². The first-order chi connectivity index (χ1) is 12.4. The molecule has 1 N–H and O–H groups in total. The summed E-state index contributed by atoms with van der Waals surface area (Å²) in [7, 11) is -0.369. The fraction of sp³-hybridized carbons (Fsp3) is 0.650. The van der Waals surface area contributed by atoms with Gasteiger partial charge in [-0.1, -0.05) is 12.1 Å². The third-order valence-electron chi connectivity index (χ3n) is 5.36. The zero-order valence-corrected chi connectivity index (χ0v) is 17.5. The van der Waals surface area contributed by atoms with E-state index in [2.05, 4.69) is 50.0 Å². The maximum Gasteiger partial charge on any atom is 0.494 e. The van der Waals surface area contributed by atoms with Crippen molar-refractivity contribution in [2.45, 2.75) is 71.3 Å². The number of ether oxygens (including phenoxy) is 1. The molecule has 6 nitrogen and oxygen atoms in total. The highest BCUT2D eigenvalue weighted by atomic mass is 16.7. The van der Waals surface area contributed by atoms with E-state index in [1.54, 1.807) is 0 Å². The number of anilines is 1. The average Bonchev–Trinajstić information content (AvgIpc) is 2.69. The van der Waals surface area contributed by atoms with Crippen molar-refractivity contribution in [3.63, 3.8) is 0 Å². The summed E-state index contributed by atoms with van der Waals surface area (Å²) in [5, 5.41) is 2.91. The summed E-state index contributed by atoms with van der Waals surface area (Å²) in [5.74, 6) is 0. The van der Waals surface area contributed by atoms with Gasteiger partial charge < -0.3 is 24.3 Å². The van der Waals surface area contributed by atoms with Crippen LogP contribution >= 0.6 is 0 Å². The van der Waals surface area contributed by atoms with Crippen LogP contribution < -0.4 is 15.7 Å². The third kappa shape index (κ3) is 4.41. The Bertz CT molecular complexity index is 692. The topological polar surface area (TPSA) is 60.0 Å². The molecule has 0 aromatic heterocycles. The van der Waals surface area contributed by atoms with Crippen molar-refractivity contribution in [2.75, 3.05) is 18.0 Å². The Balaban J connectivity index is 1.58. The molecule has 0 unspecified atom stereocenters. The molecule has 2 aliphatic rings. The molecule has 0 atom stereocenters. The summed E-state index contributed by atoms with van der Waals surface area (Å²) in [5.41, 5.74) is 0.920. The highest BCUT2D eigenvalue weighted by molar-refractivity contribution is 6.62. The molecule has 2 saturated heterocycles. The molecule has 0 radical (unpaired) electrons. The Labute approximate surface area is 162 Å². The number of rotatable bonds is 3. The van der Waals surface area contributed by atoms with E-state index in [0.717, 1.165) is 24.2 Å². The standard InChI is InChI=1S/C20H31BN2O4/c1-18(2,3)25-17(24)22-15-12-23(13-15)16-10-8-9-14(11-16)21-26-19(4,5)20(6,7)27-21/h8-11,15H,12-13H2,1-7H3,(H,22,24). The minimum absolute atomic E-state index is 0.0975. The number of nitrogens with one attached hydrogen (secondary N) is 1. The Hall–Kier alpha value is -1.73. The van der Waals surface area contributed by atoms with E-state index in [4.69, 9.17) is 14.0 Å². The van der Waals surface area contributed by atoms with Crippen LogP contribution in [-0.2, 0) is 14.0 Å². The van der Waals surface area contributed by atoms with Gasteiger partial charge in [0.2, 0.25) is 0 Å². The van der Waals surface area contributed by atoms with E-state index < -0.39 is 5.60 Å². The maximum absolute atomic E-state index is 11.9. The first kappa shape index (κ1) is 20.0. The molecule has 1 aromatic rings. The van der Waals surface area contributed by atoms with Crippen molar-refractivity contribution >= 4 is 24.4 Å². The zero-order valence-electron chi connectivity index (χ0n) is 17.5. The van der Waals surface area contributed by atoms with Gasteiger partial charge in [-0.3, -0.25) is 0 Å². The van der Waals surface area contributed by atoms with Crippen LogP contribution in [0.4, 0.5) is 10.5 Å². The number of alkyl carbamates (subject to hydrolysis) is 1. The van der Waals surface area contributed by atoms with Gasteiger partial charge in [-0.2, -0.15) is 0 Å². The molecule has 3 rings (SSSR count). The second kappa shape index (κ2) is 6.71. The number of carbonyl (C=O) groups excluding carboxylic acids is 1. The molecule has 1 amide bonds. The molecule has 2 heterocycles. The Morgan fingerprint density at radius 2 is 1.78 bits per heavy atom. The molecule has 27 heavy (non-hydrogen) atoms. The number of amides is 1. The number of carbonyl (C=O) groups is 1. The largest absolute Gasteiger partial charge is 0.494 e. The SMILES string of the molecule is CC(C)(C)OC(=O)NC1CN(c2cccc(B3OC(C)(C)C(C)(C)O3)c2)C1. The summed E-state index contributed by atoms with van der Waals surface area (Å²) in [6.45, 7) is 15.3. The average molecular weight is 374 g/mol. The smallest absolute Gasteiger partial charge is 0.444 e. The second-order valence-electron chi connectivity index (χ2n) is 9.43. The third-order valence-corrected chi connectivity index (χ3v) is 5.36. The van der Waals surface area contributed by atoms with Gasteiger partial charge in [0.05, 0.1) is 17.2 Å². The number of hydrogen-bond donors (Lipinski definition) is 1. The van der Waals surface area contributed by atoms with Crippen LogP contribution in [0.2, 0.25) is 0 Å². The van der Waals surface area contributed by atoms with Crippen LogP contribution in [0.5, 0.6) is 0 Å². The maximum atomic E-state index is 11.9. The Morgan fingerprint density at radius 3 is 2.33 bits per heavy atom. The fourth-order valence-corrected chi connectivity index (χ4v) is 3.10. The van der Waals surface area contributed by atoms with Gasteiger partial charge in [0.25, 0.3) is 0 Å². The Morgan fingerprint density at radius 1 is 1.19 bits per heavy atom. The molecule has 0 spiro atoms. The van der Waals surface area contributed by atoms with Gasteiger partial charge in [-0.05, 0) is 66.1 Å². The fourth-order valence-electron chi connectivity index (χ4n) is 3.10. The molecular formula is C20H31BN2O4. The summed E-state index contributed by atoms with van der Waals surface area (Å²) < 4.78 is 17.6. The lowest BCUT2D eigenvalue weighted by Gasteiger charge is -2.41. The molecular weight excluding hydrogens is 343 g/mol. The summed E-state index contributed by atoms with van der Waals surface area (Å²) in [4.78, 5) is 14.1.